The number of rotatable bonds is 6. The molecule has 26 heavy (non-hydrogen) atoms. The van der Waals surface area contributed by atoms with E-state index in [9.17, 15) is 9.59 Å². The molecule has 0 aliphatic rings. The fourth-order valence-corrected chi connectivity index (χ4v) is 3.13. The molecule has 1 heterocycles. The standard InChI is InChI=1S/C19H15IN2O3S/c20-13-6-8-16(9-7-13)25-12-18(23)21-14-3-1-4-15(11-14)22-19(24)17-5-2-10-26-17/h1-11H,12H2,(H,21,23)(H,22,24). The van der Waals surface area contributed by atoms with Crippen molar-refractivity contribution in [3.8, 4) is 5.75 Å². The highest BCUT2D eigenvalue weighted by atomic mass is 127. The third kappa shape index (κ3) is 5.30. The number of anilines is 2. The number of halogens is 1. The van der Waals surface area contributed by atoms with Crippen molar-refractivity contribution in [1.29, 1.82) is 0 Å². The lowest BCUT2D eigenvalue weighted by Gasteiger charge is -2.09. The summed E-state index contributed by atoms with van der Waals surface area (Å²) in [6.45, 7) is -0.0909. The summed E-state index contributed by atoms with van der Waals surface area (Å²) >= 11 is 3.58. The first-order chi connectivity index (χ1) is 12.6. The molecule has 0 atom stereocenters. The van der Waals surface area contributed by atoms with Gasteiger partial charge in [0.2, 0.25) is 0 Å². The molecule has 1 aromatic heterocycles. The van der Waals surface area contributed by atoms with Gasteiger partial charge < -0.3 is 15.4 Å². The van der Waals surface area contributed by atoms with Gasteiger partial charge in [-0.25, -0.2) is 0 Å². The van der Waals surface area contributed by atoms with Crippen LogP contribution in [0.4, 0.5) is 11.4 Å². The topological polar surface area (TPSA) is 67.4 Å². The van der Waals surface area contributed by atoms with Crippen LogP contribution in [-0.4, -0.2) is 18.4 Å². The summed E-state index contributed by atoms with van der Waals surface area (Å²) in [5, 5.41) is 7.41. The maximum Gasteiger partial charge on any atom is 0.265 e. The van der Waals surface area contributed by atoms with E-state index in [0.29, 0.717) is 22.0 Å². The normalized spacial score (nSPS) is 10.2. The van der Waals surface area contributed by atoms with E-state index in [0.717, 1.165) is 3.57 Å². The summed E-state index contributed by atoms with van der Waals surface area (Å²) in [5.41, 5.74) is 1.20. The lowest BCUT2D eigenvalue weighted by Crippen LogP contribution is -2.20. The predicted octanol–water partition coefficient (Wildman–Crippen LogP) is 4.62. The number of nitrogens with one attached hydrogen (secondary N) is 2. The number of hydrogen-bond donors (Lipinski definition) is 2. The Morgan fingerprint density at radius 3 is 2.38 bits per heavy atom. The first kappa shape index (κ1) is 18.4. The number of hydrogen-bond acceptors (Lipinski definition) is 4. The van der Waals surface area contributed by atoms with E-state index in [-0.39, 0.29) is 18.4 Å². The number of ether oxygens (including phenoxy) is 1. The van der Waals surface area contributed by atoms with Gasteiger partial charge in [-0.15, -0.1) is 11.3 Å². The van der Waals surface area contributed by atoms with Crippen molar-refractivity contribution in [3.05, 3.63) is 74.5 Å². The Bertz CT molecular complexity index is 895. The summed E-state index contributed by atoms with van der Waals surface area (Å²) in [6.07, 6.45) is 0. The van der Waals surface area contributed by atoms with Crippen LogP contribution in [0.2, 0.25) is 0 Å². The van der Waals surface area contributed by atoms with E-state index in [2.05, 4.69) is 33.2 Å². The molecule has 132 valence electrons. The number of carbonyl (C=O) groups is 2. The van der Waals surface area contributed by atoms with Gasteiger partial charge in [-0.3, -0.25) is 9.59 Å². The Balaban J connectivity index is 1.55. The van der Waals surface area contributed by atoms with E-state index < -0.39 is 0 Å². The Hall–Kier alpha value is -2.39. The van der Waals surface area contributed by atoms with E-state index in [1.807, 2.05) is 35.7 Å². The minimum Gasteiger partial charge on any atom is -0.484 e. The minimum absolute atomic E-state index is 0.0909. The molecule has 7 heteroatoms. The van der Waals surface area contributed by atoms with Gasteiger partial charge in [0.15, 0.2) is 6.61 Å². The molecule has 2 aromatic carbocycles. The first-order valence-corrected chi connectivity index (χ1v) is 9.69. The summed E-state index contributed by atoms with van der Waals surface area (Å²) in [7, 11) is 0. The Labute approximate surface area is 168 Å². The average Bonchev–Trinajstić information content (AvgIpc) is 3.16. The zero-order chi connectivity index (χ0) is 18.4. The highest BCUT2D eigenvalue weighted by molar-refractivity contribution is 14.1. The molecule has 0 bridgehead atoms. The molecule has 2 amide bonds. The second kappa shape index (κ2) is 8.81. The quantitative estimate of drug-likeness (QED) is 0.508. The molecule has 3 rings (SSSR count). The van der Waals surface area contributed by atoms with Crippen molar-refractivity contribution in [2.45, 2.75) is 0 Å². The molecule has 0 radical (unpaired) electrons. The van der Waals surface area contributed by atoms with Crippen LogP contribution >= 0.6 is 33.9 Å². The van der Waals surface area contributed by atoms with Gasteiger partial charge in [0.1, 0.15) is 5.75 Å². The average molecular weight is 478 g/mol. The van der Waals surface area contributed by atoms with E-state index >= 15 is 0 Å². The van der Waals surface area contributed by atoms with Crippen LogP contribution in [0.1, 0.15) is 9.67 Å². The lowest BCUT2D eigenvalue weighted by molar-refractivity contribution is -0.118. The maximum atomic E-state index is 12.1. The third-order valence-corrected chi connectivity index (χ3v) is 4.92. The second-order valence-corrected chi connectivity index (χ2v) is 7.50. The van der Waals surface area contributed by atoms with E-state index in [1.54, 1.807) is 30.3 Å². The Kier molecular flexibility index (Phi) is 6.24. The summed E-state index contributed by atoms with van der Waals surface area (Å²) in [6, 6.07) is 18.0. The molecule has 0 fully saturated rings. The Morgan fingerprint density at radius 2 is 1.69 bits per heavy atom. The maximum absolute atomic E-state index is 12.1. The van der Waals surface area contributed by atoms with Crippen molar-refractivity contribution in [3.63, 3.8) is 0 Å². The smallest absolute Gasteiger partial charge is 0.265 e. The second-order valence-electron chi connectivity index (χ2n) is 5.30. The first-order valence-electron chi connectivity index (χ1n) is 7.73. The van der Waals surface area contributed by atoms with Crippen molar-refractivity contribution in [2.24, 2.45) is 0 Å². The third-order valence-electron chi connectivity index (χ3n) is 3.33. The molecular weight excluding hydrogens is 463 g/mol. The van der Waals surface area contributed by atoms with Crippen molar-refractivity contribution >= 4 is 57.1 Å². The molecule has 5 nitrogen and oxygen atoms in total. The highest BCUT2D eigenvalue weighted by Crippen LogP contribution is 2.18. The van der Waals surface area contributed by atoms with Crippen LogP contribution in [0.5, 0.6) is 5.75 Å². The number of carbonyl (C=O) groups excluding carboxylic acids is 2. The van der Waals surface area contributed by atoms with Crippen LogP contribution in [0, 0.1) is 3.57 Å². The highest BCUT2D eigenvalue weighted by Gasteiger charge is 2.08. The minimum atomic E-state index is -0.273. The zero-order valence-corrected chi connectivity index (χ0v) is 16.5. The Morgan fingerprint density at radius 1 is 0.962 bits per heavy atom. The van der Waals surface area contributed by atoms with Crippen molar-refractivity contribution < 1.29 is 14.3 Å². The number of benzene rings is 2. The van der Waals surface area contributed by atoms with Crippen LogP contribution in [0.25, 0.3) is 0 Å². The molecular formula is C19H15IN2O3S. The van der Waals surface area contributed by atoms with Crippen LogP contribution < -0.4 is 15.4 Å². The molecule has 3 aromatic rings. The molecule has 2 N–H and O–H groups in total. The zero-order valence-electron chi connectivity index (χ0n) is 13.6. The van der Waals surface area contributed by atoms with Crippen LogP contribution in [0.15, 0.2) is 66.0 Å². The molecule has 0 unspecified atom stereocenters. The van der Waals surface area contributed by atoms with Crippen LogP contribution in [0.3, 0.4) is 0 Å². The fraction of sp³-hybridized carbons (Fsp3) is 0.0526. The molecule has 0 saturated heterocycles. The van der Waals surface area contributed by atoms with Gasteiger partial charge in [0.05, 0.1) is 4.88 Å². The van der Waals surface area contributed by atoms with Crippen LogP contribution in [-0.2, 0) is 4.79 Å². The largest absolute Gasteiger partial charge is 0.484 e. The predicted molar refractivity (Wildman–Crippen MR) is 112 cm³/mol. The van der Waals surface area contributed by atoms with E-state index in [4.69, 9.17) is 4.74 Å². The van der Waals surface area contributed by atoms with Gasteiger partial charge >= 0.3 is 0 Å². The van der Waals surface area contributed by atoms with Gasteiger partial charge in [-0.05, 0) is 76.5 Å². The van der Waals surface area contributed by atoms with Gasteiger partial charge in [0.25, 0.3) is 11.8 Å². The summed E-state index contributed by atoms with van der Waals surface area (Å²) in [4.78, 5) is 24.8. The molecule has 0 aliphatic carbocycles. The van der Waals surface area contributed by atoms with Gasteiger partial charge in [-0.2, -0.15) is 0 Å². The molecule has 0 aliphatic heterocycles. The molecule has 0 spiro atoms. The SMILES string of the molecule is O=C(COc1ccc(I)cc1)Nc1cccc(NC(=O)c2cccs2)c1. The lowest BCUT2D eigenvalue weighted by atomic mass is 10.2. The van der Waals surface area contributed by atoms with Gasteiger partial charge in [-0.1, -0.05) is 12.1 Å². The number of thiophene rings is 1. The molecule has 0 saturated carbocycles. The number of amides is 2. The van der Waals surface area contributed by atoms with Gasteiger partial charge in [0, 0.05) is 14.9 Å². The monoisotopic (exact) mass is 478 g/mol. The van der Waals surface area contributed by atoms with Crippen molar-refractivity contribution in [2.75, 3.05) is 17.2 Å². The summed E-state index contributed by atoms with van der Waals surface area (Å²) in [5.74, 6) is 0.188. The van der Waals surface area contributed by atoms with Crippen molar-refractivity contribution in [1.82, 2.24) is 0 Å². The van der Waals surface area contributed by atoms with E-state index in [1.165, 1.54) is 11.3 Å². The fourth-order valence-electron chi connectivity index (χ4n) is 2.15. The summed E-state index contributed by atoms with van der Waals surface area (Å²) < 4.78 is 6.55.